The van der Waals surface area contributed by atoms with E-state index in [9.17, 15) is 20.4 Å². The summed E-state index contributed by atoms with van der Waals surface area (Å²) in [5.41, 5.74) is 18.7. The Hall–Kier alpha value is -8.49. The molecular weight excluding hydrogens is 1760 g/mol. The van der Waals surface area contributed by atoms with Crippen LogP contribution in [0.2, 0.25) is 31.2 Å². The van der Waals surface area contributed by atoms with Crippen LogP contribution in [0.1, 0.15) is 118 Å². The summed E-state index contributed by atoms with van der Waals surface area (Å²) in [6, 6.07) is 19.9. The quantitative estimate of drug-likeness (QED) is 0.00862. The zero-order valence-electron chi connectivity index (χ0n) is 66.8. The first-order valence-corrected chi connectivity index (χ1v) is 43.3. The van der Waals surface area contributed by atoms with Gasteiger partial charge in [-0.3, -0.25) is 9.97 Å². The van der Waals surface area contributed by atoms with Crippen molar-refractivity contribution in [3.8, 4) is 23.0 Å². The number of hydrogen-bond acceptors (Lipinski definition) is 30. The van der Waals surface area contributed by atoms with Gasteiger partial charge in [0.15, 0.2) is 28.4 Å². The molecule has 0 fully saturated rings. The van der Waals surface area contributed by atoms with E-state index in [0.717, 1.165) is 119 Å². The van der Waals surface area contributed by atoms with E-state index < -0.39 is 0 Å². The Morgan fingerprint density at radius 2 is 0.709 bits per heavy atom. The molecule has 117 heavy (non-hydrogen) atoms. The summed E-state index contributed by atoms with van der Waals surface area (Å²) in [5, 5.41) is 59.3. The summed E-state index contributed by atoms with van der Waals surface area (Å²) >= 11 is 35.3. The molecule has 12 rings (SSSR count). The molecule has 0 radical (unpaired) electrons. The van der Waals surface area contributed by atoms with Gasteiger partial charge in [0.25, 0.3) is 0 Å². The molecule has 0 saturated carbocycles. The van der Waals surface area contributed by atoms with E-state index in [2.05, 4.69) is 134 Å². The fourth-order valence-electron chi connectivity index (χ4n) is 11.8. The van der Waals surface area contributed by atoms with Crippen LogP contribution in [-0.2, 0) is 29.0 Å². The Morgan fingerprint density at radius 1 is 0.376 bits per heavy atom. The second kappa shape index (κ2) is 48.5. The fourth-order valence-corrected chi connectivity index (χ4v) is 13.2. The molecule has 10 heterocycles. The molecule has 0 aliphatic heterocycles. The Labute approximate surface area is 725 Å². The molecule has 30 nitrogen and oxygen atoms in total. The van der Waals surface area contributed by atoms with E-state index in [1.54, 1.807) is 59.0 Å². The number of ether oxygens (including phenoxy) is 4. The number of fused-ring (bicyclic) bond motifs is 5. The first-order chi connectivity index (χ1) is 56.3. The topological polar surface area (TPSA) is 409 Å². The number of halogens is 8. The van der Waals surface area contributed by atoms with Gasteiger partial charge in [-0.25, -0.2) is 44.9 Å². The number of nitrogens with one attached hydrogen (secondary N) is 6. The standard InChI is InChI=1S/C22H28ClN5O3.C22H29N5O3.C13H16Cl2N4O.C13H19N5O.C8H4Cl3N3.2ClH.Pd/c1-5-6-15(12-29)25-21-20-19(13(2)9-18(23)26-20)27-22(28-21)24-11-14-7-8-16(30-3)10-17(14)31-4;1-5-6-16(13-28)25-21-20-19(14(2)9-10-23-20)26-22(27-21)24-12-15-7-8-17(29-3)11-18(15)30-4;1-3-4-8(6-20)16-12-11-10(18-13(15)19-12)7(2)5-9(14)17-11;1-3-4-9(7-19)16-12-11-10(17-13(14)18-12)8(2)5-6-15-11;1-3-2-4(9)12-6-5(3)13-8(11)14-7(6)10;;;/h7-10,15,29H,5-6,11-12H2,1-4H3,(H2,24,25,27,28);7-11,16,28H,5-6,12-13H2,1-4H3,(H2,24,25,26,27);5,8,20H,3-4,6H2,1-2H3,(H,16,18,19);5-6,9,19H,3-4,7H2,1-2H3,(H3,14,16,17,18);2H,1H3;2*1H;/q;;;;;;;+2/p-2/t15-;16-;8-;9-;;;;/m0000..../s1. The molecule has 39 heteroatoms. The number of nitrogen functional groups attached to an aromatic ring is 1. The van der Waals surface area contributed by atoms with Crippen molar-refractivity contribution >= 4 is 185 Å². The number of pyridine rings is 5. The molecule has 0 unspecified atom stereocenters. The molecule has 0 amide bonds. The van der Waals surface area contributed by atoms with Gasteiger partial charge in [-0.1, -0.05) is 99.8 Å². The average Bonchev–Trinajstić information content (AvgIpc) is 0.775. The molecule has 0 aliphatic rings. The summed E-state index contributed by atoms with van der Waals surface area (Å²) in [4.78, 5) is 64.6. The second-order valence-electron chi connectivity index (χ2n) is 26.2. The molecule has 0 saturated heterocycles. The SMILES string of the molecule is CCC[C@@H](CO)Nc1nc(Cl)nc2c(C)cc(Cl)nc12.CCC[C@@H](CO)Nc1nc(N)nc2c(C)ccnc12.CCC[C@@H](CO)Nc1nc(NCc2ccc(OC)cc2OC)nc2c(C)cc(Cl)nc12.CCC[C@@H](CO)Nc1nc(NCc2ccc(OC)cc2OC)nc2c(C)ccnc12.Cc1cc(Cl)nc2c(Cl)nc(Cl)nc12.[Cl][Pd][Cl]. The first kappa shape index (κ1) is 95.7. The Bertz CT molecular complexity index is 5200. The fraction of sp³-hybridized carbons (Fsp3) is 0.397. The van der Waals surface area contributed by atoms with Crippen LogP contribution in [0.5, 0.6) is 23.0 Å². The van der Waals surface area contributed by atoms with Gasteiger partial charge in [0.05, 0.1) is 107 Å². The predicted octanol–water partition coefficient (Wildman–Crippen LogP) is 17.1. The zero-order valence-corrected chi connectivity index (χ0v) is 74.4. The van der Waals surface area contributed by atoms with E-state index in [4.69, 9.17) is 113 Å². The third-order valence-electron chi connectivity index (χ3n) is 17.6. The Balaban J connectivity index is 0.000000205. The Kier molecular flexibility index (Phi) is 39.7. The van der Waals surface area contributed by atoms with Gasteiger partial charge in [-0.15, -0.1) is 0 Å². The van der Waals surface area contributed by atoms with Gasteiger partial charge < -0.3 is 77.0 Å². The summed E-state index contributed by atoms with van der Waals surface area (Å²) in [5.74, 6) is 6.24. The van der Waals surface area contributed by atoms with Crippen molar-refractivity contribution in [1.82, 2.24) is 74.8 Å². The molecule has 0 aliphatic carbocycles. The first-order valence-electron chi connectivity index (χ1n) is 37.0. The molecule has 4 atom stereocenters. The van der Waals surface area contributed by atoms with Crippen LogP contribution < -0.4 is 56.6 Å². The molecule has 12 N–H and O–H groups in total. The molecular formula is C78H96Cl8N22O8Pd. The van der Waals surface area contributed by atoms with Crippen LogP contribution in [0.3, 0.4) is 0 Å². The van der Waals surface area contributed by atoms with Gasteiger partial charge in [-0.05, 0) is 166 Å². The maximum absolute atomic E-state index is 9.73. The van der Waals surface area contributed by atoms with Gasteiger partial charge in [0.1, 0.15) is 66.0 Å². The number of aromatic nitrogens is 15. The predicted molar refractivity (Wildman–Crippen MR) is 468 cm³/mol. The van der Waals surface area contributed by atoms with E-state index in [1.165, 1.54) is 0 Å². The van der Waals surface area contributed by atoms with Crippen LogP contribution >= 0.6 is 88.7 Å². The number of anilines is 7. The minimum absolute atomic E-state index is 0.00923. The molecule has 632 valence electrons. The zero-order chi connectivity index (χ0) is 85.4. The molecule has 0 bridgehead atoms. The summed E-state index contributed by atoms with van der Waals surface area (Å²) in [6.07, 6.45) is 10.6. The van der Waals surface area contributed by atoms with Crippen LogP contribution in [0, 0.1) is 34.6 Å². The van der Waals surface area contributed by atoms with Crippen molar-refractivity contribution in [2.45, 2.75) is 151 Å². The van der Waals surface area contributed by atoms with Crippen molar-refractivity contribution < 1.29 is 55.3 Å². The monoisotopic (exact) mass is 1850 g/mol. The summed E-state index contributed by atoms with van der Waals surface area (Å²) in [7, 11) is 16.1. The number of aryl methyl sites for hydroxylation is 5. The van der Waals surface area contributed by atoms with Crippen molar-refractivity contribution in [2.75, 3.05) is 92.5 Å². The second-order valence-corrected chi connectivity index (χ2v) is 30.8. The van der Waals surface area contributed by atoms with Gasteiger partial charge >= 0.3 is 35.0 Å². The Morgan fingerprint density at radius 3 is 1.09 bits per heavy atom. The number of aliphatic hydroxyl groups is 4. The minimum atomic E-state index is -0.140. The van der Waals surface area contributed by atoms with Crippen molar-refractivity contribution in [2.24, 2.45) is 0 Å². The van der Waals surface area contributed by atoms with E-state index >= 15 is 0 Å². The average molecular weight is 1860 g/mol. The van der Waals surface area contributed by atoms with Crippen LogP contribution in [0.25, 0.3) is 55.2 Å². The summed E-state index contributed by atoms with van der Waals surface area (Å²) in [6.45, 7) is 18.9. The molecule has 10 aromatic heterocycles. The number of aliphatic hydroxyl groups excluding tert-OH is 4. The van der Waals surface area contributed by atoms with E-state index in [0.29, 0.717) is 114 Å². The van der Waals surface area contributed by atoms with Gasteiger partial charge in [0, 0.05) is 48.7 Å². The van der Waals surface area contributed by atoms with Crippen molar-refractivity contribution in [1.29, 1.82) is 0 Å². The normalized spacial score (nSPS) is 11.9. The molecule has 0 spiro atoms. The van der Waals surface area contributed by atoms with Gasteiger partial charge in [0.2, 0.25) is 28.4 Å². The third kappa shape index (κ3) is 27.8. The van der Waals surface area contributed by atoms with E-state index in [-0.39, 0.29) is 88.2 Å². The molecule has 2 aromatic carbocycles. The van der Waals surface area contributed by atoms with Crippen LogP contribution in [0.15, 0.2) is 79.1 Å². The molecule has 12 aromatic rings. The number of hydrogen-bond donors (Lipinski definition) is 11. The van der Waals surface area contributed by atoms with Crippen molar-refractivity contribution in [3.63, 3.8) is 0 Å². The number of benzene rings is 2. The van der Waals surface area contributed by atoms with Crippen molar-refractivity contribution in [3.05, 3.63) is 149 Å². The van der Waals surface area contributed by atoms with E-state index in [1.807, 2.05) is 83.1 Å². The number of methoxy groups -OCH3 is 4. The maximum atomic E-state index is 9.73. The van der Waals surface area contributed by atoms with Gasteiger partial charge in [-0.2, -0.15) is 19.9 Å². The third-order valence-corrected chi connectivity index (χ3v) is 18.8. The number of rotatable bonds is 30. The number of nitrogens with zero attached hydrogens (tertiary/aromatic N) is 15. The van der Waals surface area contributed by atoms with Crippen LogP contribution in [0.4, 0.5) is 41.1 Å². The number of nitrogens with two attached hydrogens (primary N) is 1. The van der Waals surface area contributed by atoms with Crippen LogP contribution in [-0.4, -0.2) is 174 Å². The summed E-state index contributed by atoms with van der Waals surface area (Å²) < 4.78 is 21.5.